The van der Waals surface area contributed by atoms with Crippen LogP contribution in [0.15, 0.2) is 36.4 Å². The molecule has 2 aromatic carbocycles. The lowest BCUT2D eigenvalue weighted by Gasteiger charge is -2.30. The number of sulfonamides is 1. The van der Waals surface area contributed by atoms with Crippen molar-refractivity contribution in [1.82, 2.24) is 5.32 Å². The summed E-state index contributed by atoms with van der Waals surface area (Å²) >= 11 is 0. The van der Waals surface area contributed by atoms with Crippen LogP contribution in [0.3, 0.4) is 0 Å². The number of ether oxygens (including phenoxy) is 1. The van der Waals surface area contributed by atoms with E-state index in [1.807, 2.05) is 26.8 Å². The van der Waals surface area contributed by atoms with Gasteiger partial charge in [-0.15, -0.1) is 0 Å². The third-order valence-corrected chi connectivity index (χ3v) is 5.83. The zero-order chi connectivity index (χ0) is 25.3. The van der Waals surface area contributed by atoms with Crippen molar-refractivity contribution in [2.45, 2.75) is 32.6 Å². The van der Waals surface area contributed by atoms with Crippen molar-refractivity contribution in [3.05, 3.63) is 53.1 Å². The average molecular weight is 490 g/mol. The molecule has 1 saturated heterocycles. The van der Waals surface area contributed by atoms with Crippen LogP contribution >= 0.6 is 0 Å². The van der Waals surface area contributed by atoms with Crippen molar-refractivity contribution in [2.24, 2.45) is 0 Å². The number of benzene rings is 2. The van der Waals surface area contributed by atoms with Gasteiger partial charge in [0.15, 0.2) is 0 Å². The van der Waals surface area contributed by atoms with Crippen LogP contribution in [0, 0.1) is 0 Å². The van der Waals surface area contributed by atoms with Crippen LogP contribution in [-0.4, -0.2) is 40.3 Å². The van der Waals surface area contributed by atoms with Gasteiger partial charge in [0.2, 0.25) is 15.9 Å². The molecule has 0 aromatic heterocycles. The number of urea groups is 1. The summed E-state index contributed by atoms with van der Waals surface area (Å²) < 4.78 is 46.0. The van der Waals surface area contributed by atoms with Gasteiger partial charge in [-0.25, -0.2) is 17.6 Å². The molecule has 0 saturated carbocycles. The van der Waals surface area contributed by atoms with E-state index in [0.29, 0.717) is 22.7 Å². The summed E-state index contributed by atoms with van der Waals surface area (Å²) in [5.41, 5.74) is 1.88. The van der Waals surface area contributed by atoms with E-state index in [2.05, 4.69) is 10.0 Å². The molecule has 0 bridgehead atoms. The highest BCUT2D eigenvalue weighted by atomic mass is 32.2. The molecule has 0 atom stereocenters. The lowest BCUT2D eigenvalue weighted by Crippen LogP contribution is -2.49. The second kappa shape index (κ2) is 9.46. The highest BCUT2D eigenvalue weighted by Gasteiger charge is 2.28. The molecule has 0 radical (unpaired) electrons. The normalized spacial score (nSPS) is 15.2. The van der Waals surface area contributed by atoms with Gasteiger partial charge in [0, 0.05) is 41.0 Å². The zero-order valence-corrected chi connectivity index (χ0v) is 20.5. The number of imide groups is 1. The molecule has 3 amide bonds. The fourth-order valence-electron chi connectivity index (χ4n) is 3.63. The van der Waals surface area contributed by atoms with Crippen molar-refractivity contribution >= 4 is 45.2 Å². The largest absolute Gasteiger partial charge is 0.496 e. The van der Waals surface area contributed by atoms with Gasteiger partial charge in [0.1, 0.15) is 11.6 Å². The van der Waals surface area contributed by atoms with Gasteiger partial charge >= 0.3 is 6.03 Å². The summed E-state index contributed by atoms with van der Waals surface area (Å²) in [6, 6.07) is 8.78. The Labute approximate surface area is 198 Å². The van der Waals surface area contributed by atoms with E-state index in [-0.39, 0.29) is 29.9 Å². The fraction of sp³-hybridized carbons (Fsp3) is 0.333. The number of methoxy groups -OCH3 is 1. The van der Waals surface area contributed by atoms with Gasteiger partial charge in [-0.05, 0) is 47.9 Å². The molecule has 2 aromatic rings. The molecule has 2 N–H and O–H groups in total. The summed E-state index contributed by atoms with van der Waals surface area (Å²) in [7, 11) is -1.95. The van der Waals surface area contributed by atoms with Gasteiger partial charge in [-0.3, -0.25) is 19.7 Å². The number of carbonyl (C=O) groups is 2. The van der Waals surface area contributed by atoms with E-state index in [0.717, 1.165) is 11.8 Å². The molecule has 1 aliphatic heterocycles. The summed E-state index contributed by atoms with van der Waals surface area (Å²) in [5.74, 6) is -0.444. The van der Waals surface area contributed by atoms with Crippen molar-refractivity contribution in [2.75, 3.05) is 29.5 Å². The standard InChI is InChI=1S/C24H28FN3O5S/c1-24(2,3)19-14-18(28-11-10-21(29)26-23(28)30)12-16(22(19)33-4)13-20(25)15-6-8-17(9-7-15)27-34(5,31)32/h6-9,12-14,27H,10-11H2,1-5H3,(H,26,29,30)/b20-13-. The van der Waals surface area contributed by atoms with E-state index in [1.54, 1.807) is 6.07 Å². The maximum Gasteiger partial charge on any atom is 0.328 e. The second-order valence-corrected chi connectivity index (χ2v) is 10.8. The SMILES string of the molecule is COc1c(/C=C(\F)c2ccc(NS(C)(=O)=O)cc2)cc(N2CCC(=O)NC2=O)cc1C(C)(C)C. The van der Waals surface area contributed by atoms with Gasteiger partial charge in [-0.1, -0.05) is 20.8 Å². The van der Waals surface area contributed by atoms with E-state index in [9.17, 15) is 18.0 Å². The first-order chi connectivity index (χ1) is 15.8. The Bertz CT molecular complexity index is 1250. The first-order valence-electron chi connectivity index (χ1n) is 10.6. The second-order valence-electron chi connectivity index (χ2n) is 9.06. The molecule has 182 valence electrons. The summed E-state index contributed by atoms with van der Waals surface area (Å²) in [5, 5.41) is 2.30. The highest BCUT2D eigenvalue weighted by Crippen LogP contribution is 2.40. The summed E-state index contributed by atoms with van der Waals surface area (Å²) in [4.78, 5) is 25.4. The van der Waals surface area contributed by atoms with Crippen molar-refractivity contribution in [1.29, 1.82) is 0 Å². The Balaban J connectivity index is 2.07. The van der Waals surface area contributed by atoms with Crippen LogP contribution in [-0.2, 0) is 20.2 Å². The molecule has 0 unspecified atom stereocenters. The smallest absolute Gasteiger partial charge is 0.328 e. The Morgan fingerprint density at radius 1 is 1.18 bits per heavy atom. The molecule has 34 heavy (non-hydrogen) atoms. The number of carbonyl (C=O) groups excluding carboxylic acids is 2. The van der Waals surface area contributed by atoms with Gasteiger partial charge < -0.3 is 4.74 Å². The number of rotatable bonds is 6. The minimum atomic E-state index is -3.44. The maximum absolute atomic E-state index is 15.3. The third-order valence-electron chi connectivity index (χ3n) is 5.23. The van der Waals surface area contributed by atoms with Crippen LogP contribution in [0.1, 0.15) is 43.9 Å². The first kappa shape index (κ1) is 25.2. The van der Waals surface area contributed by atoms with Crippen molar-refractivity contribution in [3.8, 4) is 5.75 Å². The minimum Gasteiger partial charge on any atom is -0.496 e. The molecule has 0 aliphatic carbocycles. The summed E-state index contributed by atoms with van der Waals surface area (Å²) in [6.07, 6.45) is 2.51. The lowest BCUT2D eigenvalue weighted by molar-refractivity contribution is -0.120. The minimum absolute atomic E-state index is 0.163. The number of anilines is 2. The summed E-state index contributed by atoms with van der Waals surface area (Å²) in [6.45, 7) is 6.14. The van der Waals surface area contributed by atoms with E-state index >= 15 is 4.39 Å². The Kier molecular flexibility index (Phi) is 7.02. The van der Waals surface area contributed by atoms with E-state index in [1.165, 1.54) is 42.4 Å². The van der Waals surface area contributed by atoms with Crippen molar-refractivity contribution in [3.63, 3.8) is 0 Å². The molecular weight excluding hydrogens is 461 g/mol. The average Bonchev–Trinajstić information content (AvgIpc) is 2.72. The van der Waals surface area contributed by atoms with E-state index in [4.69, 9.17) is 4.74 Å². The van der Waals surface area contributed by atoms with Crippen LogP contribution < -0.4 is 19.7 Å². The number of nitrogens with zero attached hydrogens (tertiary/aromatic N) is 1. The molecular formula is C24H28FN3O5S. The first-order valence-corrected chi connectivity index (χ1v) is 12.5. The molecule has 1 aliphatic rings. The molecule has 0 spiro atoms. The molecule has 10 heteroatoms. The maximum atomic E-state index is 15.3. The number of amides is 3. The van der Waals surface area contributed by atoms with Crippen LogP contribution in [0.4, 0.5) is 20.6 Å². The molecule has 3 rings (SSSR count). The van der Waals surface area contributed by atoms with Gasteiger partial charge in [0.05, 0.1) is 13.4 Å². The highest BCUT2D eigenvalue weighted by molar-refractivity contribution is 7.92. The zero-order valence-electron chi connectivity index (χ0n) is 19.7. The van der Waals surface area contributed by atoms with Crippen molar-refractivity contribution < 1.29 is 27.1 Å². The molecule has 1 heterocycles. The van der Waals surface area contributed by atoms with Crippen LogP contribution in [0.2, 0.25) is 0 Å². The van der Waals surface area contributed by atoms with Gasteiger partial charge in [-0.2, -0.15) is 0 Å². The van der Waals surface area contributed by atoms with Crippen LogP contribution in [0.5, 0.6) is 5.75 Å². The fourth-order valence-corrected chi connectivity index (χ4v) is 4.19. The predicted molar refractivity (Wildman–Crippen MR) is 131 cm³/mol. The predicted octanol–water partition coefficient (Wildman–Crippen LogP) is 4.28. The molecule has 8 nitrogen and oxygen atoms in total. The topological polar surface area (TPSA) is 105 Å². The number of nitrogens with one attached hydrogen (secondary N) is 2. The number of halogens is 1. The van der Waals surface area contributed by atoms with E-state index < -0.39 is 21.9 Å². The Morgan fingerprint density at radius 2 is 1.82 bits per heavy atom. The Hall–Kier alpha value is -3.40. The Morgan fingerprint density at radius 3 is 2.35 bits per heavy atom. The lowest BCUT2D eigenvalue weighted by atomic mass is 9.84. The van der Waals surface area contributed by atoms with Crippen LogP contribution in [0.25, 0.3) is 11.9 Å². The number of hydrogen-bond donors (Lipinski definition) is 2. The third kappa shape index (κ3) is 5.93. The van der Waals surface area contributed by atoms with Gasteiger partial charge in [0.25, 0.3) is 0 Å². The number of hydrogen-bond acceptors (Lipinski definition) is 5. The molecule has 1 fully saturated rings. The monoisotopic (exact) mass is 489 g/mol. The quantitative estimate of drug-likeness (QED) is 0.590.